The van der Waals surface area contributed by atoms with Gasteiger partial charge in [-0.05, 0) is 18.2 Å². The van der Waals surface area contributed by atoms with Crippen molar-refractivity contribution in [3.63, 3.8) is 0 Å². The Morgan fingerprint density at radius 1 is 1.00 bits per heavy atom. The predicted octanol–water partition coefficient (Wildman–Crippen LogP) is 2.16. The summed E-state index contributed by atoms with van der Waals surface area (Å²) in [4.78, 5) is 35.7. The maximum absolute atomic E-state index is 12.4. The molecule has 1 aliphatic rings. The van der Waals surface area contributed by atoms with E-state index in [9.17, 15) is 25.0 Å². The van der Waals surface area contributed by atoms with Crippen LogP contribution in [0.4, 0.5) is 22.7 Å². The summed E-state index contributed by atoms with van der Waals surface area (Å²) in [6.07, 6.45) is 0. The molecule has 140 valence electrons. The molecule has 2 aromatic carbocycles. The van der Waals surface area contributed by atoms with E-state index in [-0.39, 0.29) is 22.6 Å². The number of rotatable bonds is 5. The number of piperazine rings is 1. The van der Waals surface area contributed by atoms with E-state index >= 15 is 0 Å². The van der Waals surface area contributed by atoms with Crippen LogP contribution in [-0.4, -0.2) is 41.9 Å². The summed E-state index contributed by atoms with van der Waals surface area (Å²) < 4.78 is 0. The number of nitro benzene ring substituents is 2. The van der Waals surface area contributed by atoms with Crippen molar-refractivity contribution >= 4 is 28.7 Å². The monoisotopic (exact) mass is 371 g/mol. The van der Waals surface area contributed by atoms with Crippen molar-refractivity contribution in [2.75, 3.05) is 36.4 Å². The lowest BCUT2D eigenvalue weighted by molar-refractivity contribution is -0.385. The van der Waals surface area contributed by atoms with Crippen LogP contribution in [0.2, 0.25) is 0 Å². The fourth-order valence-corrected chi connectivity index (χ4v) is 2.94. The summed E-state index contributed by atoms with van der Waals surface area (Å²) in [5, 5.41) is 28.2. The molecule has 1 aliphatic heterocycles. The van der Waals surface area contributed by atoms with Crippen molar-refractivity contribution in [2.45, 2.75) is 0 Å². The Bertz CT molecular complexity index is 895. The quantitative estimate of drug-likeness (QED) is 0.608. The molecule has 0 aromatic heterocycles. The molecule has 1 fully saturated rings. The molecule has 1 amide bonds. The Hall–Kier alpha value is -3.53. The summed E-state index contributed by atoms with van der Waals surface area (Å²) in [6.45, 7) is 2.74. The number of nitrogens with one attached hydrogen (secondary N) is 2. The zero-order valence-electron chi connectivity index (χ0n) is 14.3. The fourth-order valence-electron chi connectivity index (χ4n) is 2.94. The van der Waals surface area contributed by atoms with E-state index in [2.05, 4.69) is 10.6 Å². The third kappa shape index (κ3) is 4.01. The molecule has 2 N–H and O–H groups in total. The second-order valence-corrected chi connectivity index (χ2v) is 5.93. The molecule has 2 aromatic rings. The van der Waals surface area contributed by atoms with E-state index in [0.717, 1.165) is 13.1 Å². The molecule has 0 saturated carbocycles. The molecule has 10 nitrogen and oxygen atoms in total. The van der Waals surface area contributed by atoms with Gasteiger partial charge < -0.3 is 15.5 Å². The third-order valence-corrected chi connectivity index (χ3v) is 4.23. The van der Waals surface area contributed by atoms with Gasteiger partial charge in [0.25, 0.3) is 17.3 Å². The summed E-state index contributed by atoms with van der Waals surface area (Å²) in [5.74, 6) is -0.702. The van der Waals surface area contributed by atoms with Gasteiger partial charge in [-0.1, -0.05) is 12.1 Å². The van der Waals surface area contributed by atoms with Crippen molar-refractivity contribution in [2.24, 2.45) is 0 Å². The maximum Gasteiger partial charge on any atom is 0.294 e. The first-order chi connectivity index (χ1) is 13.0. The highest BCUT2D eigenvalue weighted by atomic mass is 16.6. The first kappa shape index (κ1) is 18.3. The smallest absolute Gasteiger partial charge is 0.294 e. The number of benzene rings is 2. The molecular weight excluding hydrogens is 354 g/mol. The lowest BCUT2D eigenvalue weighted by Gasteiger charge is -2.29. The summed E-state index contributed by atoms with van der Waals surface area (Å²) in [6, 6.07) is 9.93. The average Bonchev–Trinajstić information content (AvgIpc) is 2.68. The maximum atomic E-state index is 12.4. The molecule has 0 aliphatic carbocycles. The van der Waals surface area contributed by atoms with Gasteiger partial charge in [0, 0.05) is 44.0 Å². The Morgan fingerprint density at radius 3 is 2.33 bits per heavy atom. The Morgan fingerprint density at radius 2 is 1.67 bits per heavy atom. The van der Waals surface area contributed by atoms with E-state index in [0.29, 0.717) is 18.8 Å². The van der Waals surface area contributed by atoms with Crippen molar-refractivity contribution in [1.82, 2.24) is 5.32 Å². The van der Waals surface area contributed by atoms with E-state index in [1.165, 1.54) is 30.3 Å². The molecule has 0 unspecified atom stereocenters. The van der Waals surface area contributed by atoms with Crippen LogP contribution in [0.5, 0.6) is 0 Å². The van der Waals surface area contributed by atoms with Crippen LogP contribution < -0.4 is 15.5 Å². The van der Waals surface area contributed by atoms with Crippen LogP contribution in [0.3, 0.4) is 0 Å². The van der Waals surface area contributed by atoms with Gasteiger partial charge in [0.15, 0.2) is 0 Å². The fraction of sp³-hybridized carbons (Fsp3) is 0.235. The van der Waals surface area contributed by atoms with Gasteiger partial charge in [-0.2, -0.15) is 0 Å². The second kappa shape index (κ2) is 7.79. The Labute approximate surface area is 154 Å². The number of hydrogen-bond acceptors (Lipinski definition) is 7. The van der Waals surface area contributed by atoms with Crippen LogP contribution in [0, 0.1) is 20.2 Å². The minimum Gasteiger partial charge on any atom is -0.363 e. The first-order valence-corrected chi connectivity index (χ1v) is 8.26. The molecule has 0 bridgehead atoms. The number of carbonyl (C=O) groups is 1. The number of nitro groups is 2. The van der Waals surface area contributed by atoms with Gasteiger partial charge in [-0.3, -0.25) is 25.0 Å². The van der Waals surface area contributed by atoms with E-state index in [1.54, 1.807) is 12.1 Å². The molecular formula is C17H17N5O5. The van der Waals surface area contributed by atoms with Crippen molar-refractivity contribution in [3.8, 4) is 0 Å². The van der Waals surface area contributed by atoms with E-state index in [1.807, 2.05) is 4.90 Å². The zero-order valence-corrected chi connectivity index (χ0v) is 14.3. The largest absolute Gasteiger partial charge is 0.363 e. The third-order valence-electron chi connectivity index (χ3n) is 4.23. The molecule has 0 spiro atoms. The van der Waals surface area contributed by atoms with Gasteiger partial charge in [-0.25, -0.2) is 0 Å². The summed E-state index contributed by atoms with van der Waals surface area (Å²) in [7, 11) is 0. The number of anilines is 2. The minimum atomic E-state index is -0.702. The molecule has 10 heteroatoms. The molecule has 0 atom stereocenters. The minimum absolute atomic E-state index is 0.115. The average molecular weight is 371 g/mol. The van der Waals surface area contributed by atoms with Crippen LogP contribution in [-0.2, 0) is 0 Å². The highest BCUT2D eigenvalue weighted by Crippen LogP contribution is 2.32. The topological polar surface area (TPSA) is 131 Å². The Kier molecular flexibility index (Phi) is 5.27. The van der Waals surface area contributed by atoms with E-state index < -0.39 is 15.8 Å². The van der Waals surface area contributed by atoms with Crippen LogP contribution in [0.1, 0.15) is 10.4 Å². The van der Waals surface area contributed by atoms with Crippen molar-refractivity contribution in [3.05, 3.63) is 68.3 Å². The lowest BCUT2D eigenvalue weighted by atomic mass is 10.1. The van der Waals surface area contributed by atoms with Gasteiger partial charge in [0.2, 0.25) is 0 Å². The first-order valence-electron chi connectivity index (χ1n) is 8.26. The molecule has 3 rings (SSSR count). The van der Waals surface area contributed by atoms with Gasteiger partial charge in [0.05, 0.1) is 9.85 Å². The highest BCUT2D eigenvalue weighted by Gasteiger charge is 2.23. The summed E-state index contributed by atoms with van der Waals surface area (Å²) in [5.41, 5.74) is 0.101. The lowest BCUT2D eigenvalue weighted by Crippen LogP contribution is -2.43. The SMILES string of the molecule is O=C(Nc1ccc(N2CCNCC2)c([N+](=O)[O-])c1)c1ccccc1[N+](=O)[O-]. The molecule has 0 radical (unpaired) electrons. The number of amides is 1. The molecule has 27 heavy (non-hydrogen) atoms. The molecule has 1 saturated heterocycles. The highest BCUT2D eigenvalue weighted by molar-refractivity contribution is 6.07. The zero-order chi connectivity index (χ0) is 19.4. The van der Waals surface area contributed by atoms with E-state index in [4.69, 9.17) is 0 Å². The molecule has 1 heterocycles. The second-order valence-electron chi connectivity index (χ2n) is 5.93. The van der Waals surface area contributed by atoms with Crippen LogP contribution in [0.25, 0.3) is 0 Å². The Balaban J connectivity index is 1.87. The predicted molar refractivity (Wildman–Crippen MR) is 99.2 cm³/mol. The van der Waals surface area contributed by atoms with Crippen LogP contribution >= 0.6 is 0 Å². The van der Waals surface area contributed by atoms with Crippen molar-refractivity contribution < 1.29 is 14.6 Å². The van der Waals surface area contributed by atoms with Gasteiger partial charge in [-0.15, -0.1) is 0 Å². The van der Waals surface area contributed by atoms with Gasteiger partial charge >= 0.3 is 0 Å². The normalized spacial score (nSPS) is 13.9. The van der Waals surface area contributed by atoms with Crippen molar-refractivity contribution in [1.29, 1.82) is 0 Å². The number of hydrogen-bond donors (Lipinski definition) is 2. The van der Waals surface area contributed by atoms with Gasteiger partial charge in [0.1, 0.15) is 11.3 Å². The standard InChI is InChI=1S/C17H17N5O5/c23-17(13-3-1-2-4-14(13)21(24)25)19-12-5-6-15(16(11-12)22(26)27)20-9-7-18-8-10-20/h1-6,11,18H,7-10H2,(H,19,23). The summed E-state index contributed by atoms with van der Waals surface area (Å²) >= 11 is 0. The number of carbonyl (C=O) groups excluding carboxylic acids is 1. The number of nitrogens with zero attached hydrogens (tertiary/aromatic N) is 3. The van der Waals surface area contributed by atoms with Crippen LogP contribution in [0.15, 0.2) is 42.5 Å². The number of para-hydroxylation sites is 1.